The zero-order valence-corrected chi connectivity index (χ0v) is 12.6. The van der Waals surface area contributed by atoms with E-state index in [1.165, 1.54) is 6.08 Å². The Bertz CT molecular complexity index is 780. The summed E-state index contributed by atoms with van der Waals surface area (Å²) in [5.74, 6) is 0.126. The van der Waals surface area contributed by atoms with Gasteiger partial charge in [0.1, 0.15) is 5.75 Å². The molecule has 0 aliphatic carbocycles. The molecule has 4 heteroatoms. The predicted octanol–water partition coefficient (Wildman–Crippen LogP) is 3.42. The Kier molecular flexibility index (Phi) is 4.24. The molecule has 1 aliphatic rings. The van der Waals surface area contributed by atoms with Crippen molar-refractivity contribution in [2.24, 2.45) is 0 Å². The molecule has 23 heavy (non-hydrogen) atoms. The highest BCUT2D eigenvalue weighted by Gasteiger charge is 2.21. The van der Waals surface area contributed by atoms with Crippen molar-refractivity contribution >= 4 is 23.5 Å². The fourth-order valence-electron chi connectivity index (χ4n) is 2.64. The number of ketones is 1. The van der Waals surface area contributed by atoms with Gasteiger partial charge >= 0.3 is 0 Å². The highest BCUT2D eigenvalue weighted by atomic mass is 16.3. The van der Waals surface area contributed by atoms with Gasteiger partial charge in [0, 0.05) is 24.2 Å². The number of amides is 1. The number of anilines is 1. The standard InChI is InChI=1S/C19H17NO3/c21-17-7-1-4-14(12-17)9-10-18(22)15-5-2-6-16(13-15)20-11-3-8-19(20)23/h1-2,4-7,9-10,12-13,21H,3,8,11H2. The zero-order chi connectivity index (χ0) is 16.2. The van der Waals surface area contributed by atoms with Gasteiger partial charge in [0.15, 0.2) is 5.78 Å². The number of nitrogens with zero attached hydrogens (tertiary/aromatic N) is 1. The Morgan fingerprint density at radius 2 is 1.96 bits per heavy atom. The number of phenolic OH excluding ortho intramolecular Hbond substituents is 1. The van der Waals surface area contributed by atoms with E-state index in [1.54, 1.807) is 47.4 Å². The fourth-order valence-corrected chi connectivity index (χ4v) is 2.64. The van der Waals surface area contributed by atoms with Crippen LogP contribution in [0.3, 0.4) is 0 Å². The molecule has 0 spiro atoms. The third-order valence-electron chi connectivity index (χ3n) is 3.81. The van der Waals surface area contributed by atoms with Gasteiger partial charge in [-0.2, -0.15) is 0 Å². The average Bonchev–Trinajstić information content (AvgIpc) is 2.99. The molecule has 2 aromatic carbocycles. The van der Waals surface area contributed by atoms with E-state index in [2.05, 4.69) is 0 Å². The number of allylic oxidation sites excluding steroid dienone is 1. The quantitative estimate of drug-likeness (QED) is 0.695. The summed E-state index contributed by atoms with van der Waals surface area (Å²) < 4.78 is 0. The highest BCUT2D eigenvalue weighted by molar-refractivity contribution is 6.08. The van der Waals surface area contributed by atoms with Crippen molar-refractivity contribution in [3.63, 3.8) is 0 Å². The van der Waals surface area contributed by atoms with Crippen molar-refractivity contribution in [2.45, 2.75) is 12.8 Å². The zero-order valence-electron chi connectivity index (χ0n) is 12.6. The molecule has 1 amide bonds. The number of carbonyl (C=O) groups excluding carboxylic acids is 2. The third kappa shape index (κ3) is 3.48. The largest absolute Gasteiger partial charge is 0.508 e. The van der Waals surface area contributed by atoms with Crippen LogP contribution in [0.1, 0.15) is 28.8 Å². The Hall–Kier alpha value is -2.88. The molecule has 2 aromatic rings. The van der Waals surface area contributed by atoms with Crippen molar-refractivity contribution in [3.8, 4) is 5.75 Å². The van der Waals surface area contributed by atoms with E-state index >= 15 is 0 Å². The first-order chi connectivity index (χ1) is 11.1. The van der Waals surface area contributed by atoms with Crippen molar-refractivity contribution in [1.29, 1.82) is 0 Å². The van der Waals surface area contributed by atoms with Crippen LogP contribution in [-0.4, -0.2) is 23.3 Å². The Morgan fingerprint density at radius 1 is 1.13 bits per heavy atom. The molecule has 1 heterocycles. The third-order valence-corrected chi connectivity index (χ3v) is 3.81. The van der Waals surface area contributed by atoms with E-state index in [0.29, 0.717) is 18.5 Å². The molecule has 1 fully saturated rings. The van der Waals surface area contributed by atoms with E-state index < -0.39 is 0 Å². The summed E-state index contributed by atoms with van der Waals surface area (Å²) in [5.41, 5.74) is 2.06. The summed E-state index contributed by atoms with van der Waals surface area (Å²) in [6, 6.07) is 13.8. The lowest BCUT2D eigenvalue weighted by Crippen LogP contribution is -2.23. The summed E-state index contributed by atoms with van der Waals surface area (Å²) in [7, 11) is 0. The average molecular weight is 307 g/mol. The fraction of sp³-hybridized carbons (Fsp3) is 0.158. The van der Waals surface area contributed by atoms with Gasteiger partial charge in [-0.25, -0.2) is 0 Å². The lowest BCUT2D eigenvalue weighted by molar-refractivity contribution is -0.117. The molecule has 0 atom stereocenters. The minimum Gasteiger partial charge on any atom is -0.508 e. The van der Waals surface area contributed by atoms with Gasteiger partial charge in [-0.3, -0.25) is 9.59 Å². The lowest BCUT2D eigenvalue weighted by Gasteiger charge is -2.16. The topological polar surface area (TPSA) is 57.6 Å². The van der Waals surface area contributed by atoms with Crippen LogP contribution in [-0.2, 0) is 4.79 Å². The van der Waals surface area contributed by atoms with Crippen molar-refractivity contribution in [3.05, 3.63) is 65.7 Å². The molecule has 0 saturated carbocycles. The van der Waals surface area contributed by atoms with E-state index in [1.807, 2.05) is 12.1 Å². The Labute approximate surface area is 134 Å². The van der Waals surface area contributed by atoms with Crippen LogP contribution in [0, 0.1) is 0 Å². The number of carbonyl (C=O) groups is 2. The Balaban J connectivity index is 1.78. The molecule has 1 saturated heterocycles. The molecule has 3 rings (SSSR count). The van der Waals surface area contributed by atoms with Crippen LogP contribution in [0.15, 0.2) is 54.6 Å². The summed E-state index contributed by atoms with van der Waals surface area (Å²) in [6.45, 7) is 0.704. The second kappa shape index (κ2) is 6.48. The van der Waals surface area contributed by atoms with Crippen LogP contribution < -0.4 is 4.90 Å². The van der Waals surface area contributed by atoms with E-state index in [4.69, 9.17) is 0 Å². The number of rotatable bonds is 4. The van der Waals surface area contributed by atoms with Gasteiger partial charge in [0.25, 0.3) is 0 Å². The predicted molar refractivity (Wildman–Crippen MR) is 89.5 cm³/mol. The Morgan fingerprint density at radius 3 is 2.70 bits per heavy atom. The molecule has 0 unspecified atom stereocenters. The first-order valence-corrected chi connectivity index (χ1v) is 7.55. The normalized spacial score (nSPS) is 14.6. The molecule has 0 aromatic heterocycles. The van der Waals surface area contributed by atoms with Crippen molar-refractivity contribution in [1.82, 2.24) is 0 Å². The monoisotopic (exact) mass is 307 g/mol. The maximum Gasteiger partial charge on any atom is 0.227 e. The molecule has 1 N–H and O–H groups in total. The first-order valence-electron chi connectivity index (χ1n) is 7.55. The maximum atomic E-state index is 12.3. The molecular weight excluding hydrogens is 290 g/mol. The minimum absolute atomic E-state index is 0.102. The number of aromatic hydroxyl groups is 1. The lowest BCUT2D eigenvalue weighted by atomic mass is 10.1. The van der Waals surface area contributed by atoms with Gasteiger partial charge in [-0.1, -0.05) is 30.3 Å². The van der Waals surface area contributed by atoms with Crippen LogP contribution in [0.4, 0.5) is 5.69 Å². The van der Waals surface area contributed by atoms with Crippen LogP contribution in [0.5, 0.6) is 5.75 Å². The van der Waals surface area contributed by atoms with Gasteiger partial charge in [-0.05, 0) is 42.3 Å². The first kappa shape index (κ1) is 15.0. The summed E-state index contributed by atoms with van der Waals surface area (Å²) in [4.78, 5) is 25.8. The van der Waals surface area contributed by atoms with Gasteiger partial charge in [0.05, 0.1) is 0 Å². The number of hydrogen-bond acceptors (Lipinski definition) is 3. The van der Waals surface area contributed by atoms with E-state index in [-0.39, 0.29) is 17.4 Å². The second-order valence-corrected chi connectivity index (χ2v) is 5.49. The smallest absolute Gasteiger partial charge is 0.227 e. The SMILES string of the molecule is O=C(C=Cc1cccc(O)c1)c1cccc(N2CCCC2=O)c1. The molecule has 4 nitrogen and oxygen atoms in total. The van der Waals surface area contributed by atoms with Gasteiger partial charge in [0.2, 0.25) is 5.91 Å². The van der Waals surface area contributed by atoms with Crippen LogP contribution in [0.2, 0.25) is 0 Å². The number of phenols is 1. The highest BCUT2D eigenvalue weighted by Crippen LogP contribution is 2.22. The summed E-state index contributed by atoms with van der Waals surface area (Å²) >= 11 is 0. The molecular formula is C19H17NO3. The second-order valence-electron chi connectivity index (χ2n) is 5.49. The van der Waals surface area contributed by atoms with Crippen molar-refractivity contribution in [2.75, 3.05) is 11.4 Å². The summed E-state index contributed by atoms with van der Waals surface area (Å²) in [6.07, 6.45) is 4.55. The maximum absolute atomic E-state index is 12.3. The minimum atomic E-state index is -0.137. The molecule has 116 valence electrons. The van der Waals surface area contributed by atoms with Gasteiger partial charge < -0.3 is 10.0 Å². The molecule has 0 radical (unpaired) electrons. The number of benzene rings is 2. The van der Waals surface area contributed by atoms with Crippen molar-refractivity contribution < 1.29 is 14.7 Å². The van der Waals surface area contributed by atoms with Crippen LogP contribution >= 0.6 is 0 Å². The number of hydrogen-bond donors (Lipinski definition) is 1. The summed E-state index contributed by atoms with van der Waals surface area (Å²) in [5, 5.41) is 9.42. The molecule has 1 aliphatic heterocycles. The van der Waals surface area contributed by atoms with Gasteiger partial charge in [-0.15, -0.1) is 0 Å². The van der Waals surface area contributed by atoms with Crippen LogP contribution in [0.25, 0.3) is 6.08 Å². The van der Waals surface area contributed by atoms with E-state index in [0.717, 1.165) is 17.7 Å². The molecule has 0 bridgehead atoms. The van der Waals surface area contributed by atoms with E-state index in [9.17, 15) is 14.7 Å².